The molecular formula is C18H25Cl2N3O2. The monoisotopic (exact) mass is 385 g/mol. The second kappa shape index (κ2) is 9.41. The third-order valence-electron chi connectivity index (χ3n) is 4.56. The van der Waals surface area contributed by atoms with Gasteiger partial charge in [-0.3, -0.25) is 14.5 Å². The molecular weight excluding hydrogens is 361 g/mol. The van der Waals surface area contributed by atoms with Crippen LogP contribution in [-0.4, -0.2) is 42.4 Å². The van der Waals surface area contributed by atoms with Crippen LogP contribution < -0.4 is 10.6 Å². The molecule has 1 saturated heterocycles. The molecule has 5 nitrogen and oxygen atoms in total. The minimum atomic E-state index is -0.269. The summed E-state index contributed by atoms with van der Waals surface area (Å²) in [4.78, 5) is 26.6. The maximum Gasteiger partial charge on any atom is 0.241 e. The van der Waals surface area contributed by atoms with Crippen LogP contribution in [0.25, 0.3) is 0 Å². The number of carbonyl (C=O) groups is 2. The van der Waals surface area contributed by atoms with Crippen LogP contribution >= 0.6 is 23.2 Å². The van der Waals surface area contributed by atoms with Crippen molar-refractivity contribution in [2.75, 3.05) is 25.0 Å². The molecule has 0 aromatic heterocycles. The number of anilines is 1. The molecule has 1 atom stereocenters. The van der Waals surface area contributed by atoms with E-state index in [2.05, 4.69) is 15.5 Å². The van der Waals surface area contributed by atoms with Crippen molar-refractivity contribution in [3.8, 4) is 0 Å². The molecule has 2 rings (SSSR count). The summed E-state index contributed by atoms with van der Waals surface area (Å²) in [6.07, 6.45) is 2.50. The van der Waals surface area contributed by atoms with E-state index < -0.39 is 0 Å². The summed E-state index contributed by atoms with van der Waals surface area (Å²) < 4.78 is 0. The van der Waals surface area contributed by atoms with Crippen molar-refractivity contribution in [1.82, 2.24) is 10.2 Å². The first-order valence-electron chi connectivity index (χ1n) is 8.70. The highest BCUT2D eigenvalue weighted by molar-refractivity contribution is 6.42. The minimum Gasteiger partial charge on any atom is -0.356 e. The fourth-order valence-electron chi connectivity index (χ4n) is 2.93. The maximum absolute atomic E-state index is 12.5. The van der Waals surface area contributed by atoms with E-state index in [4.69, 9.17) is 23.2 Å². The lowest BCUT2D eigenvalue weighted by atomic mass is 9.95. The fraction of sp³-hybridized carbons (Fsp3) is 0.556. The van der Waals surface area contributed by atoms with Gasteiger partial charge in [-0.25, -0.2) is 0 Å². The predicted octanol–water partition coefficient (Wildman–Crippen LogP) is 3.56. The highest BCUT2D eigenvalue weighted by Crippen LogP contribution is 2.25. The second-order valence-corrected chi connectivity index (χ2v) is 7.21. The molecule has 25 heavy (non-hydrogen) atoms. The molecule has 1 aromatic carbocycles. The highest BCUT2D eigenvalue weighted by atomic mass is 35.5. The standard InChI is InChI=1S/C18H25Cl2N3O2/c1-3-8-21-18(25)13-6-9-23(10-7-13)12(2)17(24)22-14-4-5-15(19)16(20)11-14/h4-5,11-13H,3,6-10H2,1-2H3,(H,21,25)(H,22,24)/t12-/m0/s1. The fourth-order valence-corrected chi connectivity index (χ4v) is 3.23. The van der Waals surface area contributed by atoms with Crippen molar-refractivity contribution in [1.29, 1.82) is 0 Å². The van der Waals surface area contributed by atoms with Crippen LogP contribution in [0.1, 0.15) is 33.1 Å². The quantitative estimate of drug-likeness (QED) is 0.786. The highest BCUT2D eigenvalue weighted by Gasteiger charge is 2.29. The van der Waals surface area contributed by atoms with E-state index in [1.165, 1.54) is 0 Å². The van der Waals surface area contributed by atoms with Gasteiger partial charge in [0.1, 0.15) is 0 Å². The molecule has 1 heterocycles. The Morgan fingerprint density at radius 1 is 1.24 bits per heavy atom. The Morgan fingerprint density at radius 3 is 2.52 bits per heavy atom. The maximum atomic E-state index is 12.5. The predicted molar refractivity (Wildman–Crippen MR) is 102 cm³/mol. The molecule has 2 N–H and O–H groups in total. The van der Waals surface area contributed by atoms with Crippen LogP contribution in [-0.2, 0) is 9.59 Å². The number of carbonyl (C=O) groups excluding carboxylic acids is 2. The average molecular weight is 386 g/mol. The Hall–Kier alpha value is -1.30. The van der Waals surface area contributed by atoms with Gasteiger partial charge in [0.25, 0.3) is 0 Å². The molecule has 1 fully saturated rings. The Labute approximate surface area is 159 Å². The van der Waals surface area contributed by atoms with Crippen LogP contribution in [0.2, 0.25) is 10.0 Å². The van der Waals surface area contributed by atoms with E-state index in [1.807, 2.05) is 13.8 Å². The number of hydrogen-bond acceptors (Lipinski definition) is 3. The van der Waals surface area contributed by atoms with Crippen LogP contribution in [0.5, 0.6) is 0 Å². The van der Waals surface area contributed by atoms with Gasteiger partial charge in [-0.15, -0.1) is 0 Å². The Bertz CT molecular complexity index is 616. The van der Waals surface area contributed by atoms with Gasteiger partial charge in [0.15, 0.2) is 0 Å². The van der Waals surface area contributed by atoms with Crippen LogP contribution in [0.3, 0.4) is 0 Å². The van der Waals surface area contributed by atoms with E-state index in [0.717, 1.165) is 38.9 Å². The van der Waals surface area contributed by atoms with Gasteiger partial charge in [0.2, 0.25) is 11.8 Å². The van der Waals surface area contributed by atoms with Gasteiger partial charge in [0, 0.05) is 18.2 Å². The summed E-state index contributed by atoms with van der Waals surface area (Å²) in [6, 6.07) is 4.75. The Balaban J connectivity index is 1.84. The zero-order chi connectivity index (χ0) is 18.4. The van der Waals surface area contributed by atoms with E-state index in [1.54, 1.807) is 18.2 Å². The smallest absolute Gasteiger partial charge is 0.241 e. The number of rotatable bonds is 6. The molecule has 0 spiro atoms. The largest absolute Gasteiger partial charge is 0.356 e. The Morgan fingerprint density at radius 2 is 1.92 bits per heavy atom. The lowest BCUT2D eigenvalue weighted by molar-refractivity contribution is -0.127. The van der Waals surface area contributed by atoms with Crippen molar-refractivity contribution in [2.24, 2.45) is 5.92 Å². The molecule has 0 unspecified atom stereocenters. The second-order valence-electron chi connectivity index (χ2n) is 6.40. The summed E-state index contributed by atoms with van der Waals surface area (Å²) in [6.45, 7) is 6.11. The molecule has 138 valence electrons. The number of piperidine rings is 1. The zero-order valence-corrected chi connectivity index (χ0v) is 16.2. The van der Waals surface area contributed by atoms with Crippen molar-refractivity contribution >= 4 is 40.7 Å². The van der Waals surface area contributed by atoms with Crippen molar-refractivity contribution < 1.29 is 9.59 Å². The molecule has 0 aliphatic carbocycles. The molecule has 0 bridgehead atoms. The molecule has 7 heteroatoms. The number of halogens is 2. The summed E-state index contributed by atoms with van der Waals surface area (Å²) in [7, 11) is 0. The summed E-state index contributed by atoms with van der Waals surface area (Å²) in [5, 5.41) is 6.68. The SMILES string of the molecule is CCCNC(=O)C1CCN([C@@H](C)C(=O)Nc2ccc(Cl)c(Cl)c2)CC1. The van der Waals surface area contributed by atoms with Gasteiger partial charge in [-0.05, 0) is 57.5 Å². The van der Waals surface area contributed by atoms with E-state index in [-0.39, 0.29) is 23.8 Å². The third kappa shape index (κ3) is 5.59. The lowest BCUT2D eigenvalue weighted by Gasteiger charge is -2.34. The van der Waals surface area contributed by atoms with Crippen LogP contribution in [0, 0.1) is 5.92 Å². The van der Waals surface area contributed by atoms with E-state index >= 15 is 0 Å². The van der Waals surface area contributed by atoms with Gasteiger partial charge in [-0.2, -0.15) is 0 Å². The van der Waals surface area contributed by atoms with Gasteiger partial charge in [0.05, 0.1) is 16.1 Å². The molecule has 0 saturated carbocycles. The summed E-state index contributed by atoms with van der Waals surface area (Å²) in [5.41, 5.74) is 0.625. The summed E-state index contributed by atoms with van der Waals surface area (Å²) in [5.74, 6) is 0.0924. The number of benzene rings is 1. The number of nitrogens with zero attached hydrogens (tertiary/aromatic N) is 1. The van der Waals surface area contributed by atoms with E-state index in [9.17, 15) is 9.59 Å². The first-order chi connectivity index (χ1) is 11.9. The minimum absolute atomic E-state index is 0.0492. The zero-order valence-electron chi connectivity index (χ0n) is 14.6. The molecule has 2 amide bonds. The van der Waals surface area contributed by atoms with Crippen LogP contribution in [0.4, 0.5) is 5.69 Å². The van der Waals surface area contributed by atoms with Crippen molar-refractivity contribution in [2.45, 2.75) is 39.2 Å². The first-order valence-corrected chi connectivity index (χ1v) is 9.45. The molecule has 1 aliphatic rings. The number of likely N-dealkylation sites (tertiary alicyclic amines) is 1. The van der Waals surface area contributed by atoms with E-state index in [0.29, 0.717) is 15.7 Å². The summed E-state index contributed by atoms with van der Waals surface area (Å²) >= 11 is 11.9. The average Bonchev–Trinajstić information content (AvgIpc) is 2.62. The van der Waals surface area contributed by atoms with Crippen molar-refractivity contribution in [3.63, 3.8) is 0 Å². The van der Waals surface area contributed by atoms with Gasteiger partial charge in [-0.1, -0.05) is 30.1 Å². The first kappa shape index (κ1) is 20.0. The van der Waals surface area contributed by atoms with Gasteiger partial charge < -0.3 is 10.6 Å². The number of amides is 2. The van der Waals surface area contributed by atoms with Gasteiger partial charge >= 0.3 is 0 Å². The number of hydrogen-bond donors (Lipinski definition) is 2. The van der Waals surface area contributed by atoms with Crippen LogP contribution in [0.15, 0.2) is 18.2 Å². The third-order valence-corrected chi connectivity index (χ3v) is 5.30. The lowest BCUT2D eigenvalue weighted by Crippen LogP contribution is -2.48. The normalized spacial score (nSPS) is 17.1. The topological polar surface area (TPSA) is 61.4 Å². The Kier molecular flexibility index (Phi) is 7.54. The number of nitrogens with one attached hydrogen (secondary N) is 2. The van der Waals surface area contributed by atoms with Crippen molar-refractivity contribution in [3.05, 3.63) is 28.2 Å². The molecule has 0 radical (unpaired) electrons. The molecule has 1 aromatic rings. The molecule has 1 aliphatic heterocycles.